The molecule has 2 rings (SSSR count). The summed E-state index contributed by atoms with van der Waals surface area (Å²) in [7, 11) is 0. The maximum atomic E-state index is 9.12. The maximum absolute atomic E-state index is 9.12. The minimum atomic E-state index is -0.439. The van der Waals surface area contributed by atoms with Crippen molar-refractivity contribution in [2.24, 2.45) is 5.73 Å². The average molecular weight is 232 g/mol. The van der Waals surface area contributed by atoms with Gasteiger partial charge in [-0.3, -0.25) is 0 Å². The van der Waals surface area contributed by atoms with Crippen LogP contribution in [0.2, 0.25) is 0 Å². The summed E-state index contributed by atoms with van der Waals surface area (Å²) in [6, 6.07) is 1.85. The van der Waals surface area contributed by atoms with Gasteiger partial charge in [-0.15, -0.1) is 0 Å². The standard InChI is InChI=1S/C8H10BrNO2/c9-5-1-7(12-4-5)8(10)2-6(11)3-8/h1,4,6,11H,2-3,10H2. The van der Waals surface area contributed by atoms with Crippen LogP contribution in [-0.4, -0.2) is 11.2 Å². The molecule has 1 aliphatic carbocycles. The van der Waals surface area contributed by atoms with E-state index in [1.165, 1.54) is 0 Å². The molecule has 0 aliphatic heterocycles. The third-order valence-corrected chi connectivity index (χ3v) is 2.67. The molecule has 1 aliphatic rings. The minimum Gasteiger partial charge on any atom is -0.466 e. The molecule has 1 heterocycles. The summed E-state index contributed by atoms with van der Waals surface area (Å²) in [5.41, 5.74) is 5.51. The lowest BCUT2D eigenvalue weighted by Crippen LogP contribution is -2.51. The van der Waals surface area contributed by atoms with Gasteiger partial charge in [0, 0.05) is 0 Å². The second-order valence-corrected chi connectivity index (χ2v) is 4.26. The van der Waals surface area contributed by atoms with Crippen LogP contribution in [0.1, 0.15) is 18.6 Å². The highest BCUT2D eigenvalue weighted by Gasteiger charge is 2.43. The molecular weight excluding hydrogens is 222 g/mol. The van der Waals surface area contributed by atoms with Crippen molar-refractivity contribution < 1.29 is 9.52 Å². The lowest BCUT2D eigenvalue weighted by molar-refractivity contribution is 0.0101. The Morgan fingerprint density at radius 1 is 1.67 bits per heavy atom. The molecule has 0 spiro atoms. The summed E-state index contributed by atoms with van der Waals surface area (Å²) in [4.78, 5) is 0. The van der Waals surface area contributed by atoms with Crippen molar-refractivity contribution in [3.05, 3.63) is 22.6 Å². The zero-order valence-corrected chi connectivity index (χ0v) is 8.04. The number of aliphatic hydroxyl groups excluding tert-OH is 1. The Balaban J connectivity index is 2.20. The molecule has 4 heteroatoms. The quantitative estimate of drug-likeness (QED) is 0.768. The molecule has 0 aromatic carbocycles. The van der Waals surface area contributed by atoms with E-state index < -0.39 is 5.54 Å². The number of halogens is 1. The second kappa shape index (κ2) is 2.58. The lowest BCUT2D eigenvalue weighted by Gasteiger charge is -2.40. The molecule has 1 aromatic heterocycles. The first-order chi connectivity index (χ1) is 5.60. The smallest absolute Gasteiger partial charge is 0.124 e. The first-order valence-corrected chi connectivity index (χ1v) is 4.61. The van der Waals surface area contributed by atoms with Gasteiger partial charge < -0.3 is 15.3 Å². The van der Waals surface area contributed by atoms with Crippen molar-refractivity contribution in [3.8, 4) is 0 Å². The molecule has 0 saturated heterocycles. The molecule has 12 heavy (non-hydrogen) atoms. The largest absolute Gasteiger partial charge is 0.466 e. The van der Waals surface area contributed by atoms with Crippen LogP contribution in [0.3, 0.4) is 0 Å². The van der Waals surface area contributed by atoms with Gasteiger partial charge in [-0.25, -0.2) is 0 Å². The van der Waals surface area contributed by atoms with E-state index in [2.05, 4.69) is 15.9 Å². The average Bonchev–Trinajstić information content (AvgIpc) is 2.33. The van der Waals surface area contributed by atoms with Gasteiger partial charge in [0.05, 0.1) is 16.1 Å². The number of rotatable bonds is 1. The molecule has 1 fully saturated rings. The van der Waals surface area contributed by atoms with Crippen LogP contribution < -0.4 is 5.73 Å². The van der Waals surface area contributed by atoms with Gasteiger partial charge in [0.25, 0.3) is 0 Å². The van der Waals surface area contributed by atoms with Crippen molar-refractivity contribution in [3.63, 3.8) is 0 Å². The van der Waals surface area contributed by atoms with Gasteiger partial charge in [0.15, 0.2) is 0 Å². The summed E-state index contributed by atoms with van der Waals surface area (Å²) in [5.74, 6) is 0.750. The highest BCUT2D eigenvalue weighted by atomic mass is 79.9. The van der Waals surface area contributed by atoms with E-state index in [0.717, 1.165) is 10.2 Å². The molecule has 0 unspecified atom stereocenters. The predicted molar refractivity (Wildman–Crippen MR) is 47.5 cm³/mol. The van der Waals surface area contributed by atoms with Gasteiger partial charge in [-0.2, -0.15) is 0 Å². The monoisotopic (exact) mass is 231 g/mol. The summed E-state index contributed by atoms with van der Waals surface area (Å²) >= 11 is 3.28. The van der Waals surface area contributed by atoms with E-state index in [9.17, 15) is 0 Å². The summed E-state index contributed by atoms with van der Waals surface area (Å²) in [6.07, 6.45) is 2.52. The molecule has 0 radical (unpaired) electrons. The first-order valence-electron chi connectivity index (χ1n) is 3.82. The minimum absolute atomic E-state index is 0.265. The molecule has 66 valence electrons. The van der Waals surface area contributed by atoms with Crippen LogP contribution in [0, 0.1) is 0 Å². The van der Waals surface area contributed by atoms with Crippen molar-refractivity contribution in [1.29, 1.82) is 0 Å². The Labute approximate surface area is 78.7 Å². The van der Waals surface area contributed by atoms with Gasteiger partial charge in [-0.1, -0.05) is 0 Å². The molecule has 0 bridgehead atoms. The number of hydrogen-bond acceptors (Lipinski definition) is 3. The molecule has 3 nitrogen and oxygen atoms in total. The molecule has 0 amide bonds. The molecule has 3 N–H and O–H groups in total. The van der Waals surface area contributed by atoms with Gasteiger partial charge in [0.1, 0.15) is 12.0 Å². The van der Waals surface area contributed by atoms with Crippen LogP contribution in [-0.2, 0) is 5.54 Å². The van der Waals surface area contributed by atoms with Crippen molar-refractivity contribution in [2.45, 2.75) is 24.5 Å². The highest BCUT2D eigenvalue weighted by Crippen LogP contribution is 2.40. The topological polar surface area (TPSA) is 59.4 Å². The summed E-state index contributed by atoms with van der Waals surface area (Å²) in [6.45, 7) is 0. The van der Waals surface area contributed by atoms with Crippen molar-refractivity contribution in [1.82, 2.24) is 0 Å². The number of aliphatic hydroxyl groups is 1. The zero-order valence-electron chi connectivity index (χ0n) is 6.46. The highest BCUT2D eigenvalue weighted by molar-refractivity contribution is 9.10. The van der Waals surface area contributed by atoms with Gasteiger partial charge >= 0.3 is 0 Å². The van der Waals surface area contributed by atoms with Crippen LogP contribution in [0.4, 0.5) is 0 Å². The molecule has 1 saturated carbocycles. The number of furan rings is 1. The molecule has 0 atom stereocenters. The van der Waals surface area contributed by atoms with Crippen LogP contribution in [0.5, 0.6) is 0 Å². The third kappa shape index (κ3) is 1.20. The normalized spacial score (nSPS) is 34.8. The Hall–Kier alpha value is -0.320. The van der Waals surface area contributed by atoms with E-state index >= 15 is 0 Å². The lowest BCUT2D eigenvalue weighted by atomic mass is 9.73. The van der Waals surface area contributed by atoms with E-state index in [1.54, 1.807) is 6.26 Å². The van der Waals surface area contributed by atoms with E-state index in [4.69, 9.17) is 15.3 Å². The zero-order chi connectivity index (χ0) is 8.77. The Morgan fingerprint density at radius 3 is 2.75 bits per heavy atom. The predicted octanol–water partition coefficient (Wildman–Crippen LogP) is 1.35. The fraction of sp³-hybridized carbons (Fsp3) is 0.500. The number of nitrogens with two attached hydrogens (primary N) is 1. The maximum Gasteiger partial charge on any atom is 0.124 e. The summed E-state index contributed by atoms with van der Waals surface area (Å²) < 4.78 is 6.13. The summed E-state index contributed by atoms with van der Waals surface area (Å²) in [5, 5.41) is 9.12. The van der Waals surface area contributed by atoms with Gasteiger partial charge in [-0.05, 0) is 34.8 Å². The van der Waals surface area contributed by atoms with Gasteiger partial charge in [0.2, 0.25) is 0 Å². The van der Waals surface area contributed by atoms with Crippen LogP contribution in [0.25, 0.3) is 0 Å². The fourth-order valence-corrected chi connectivity index (χ4v) is 1.86. The Morgan fingerprint density at radius 2 is 2.33 bits per heavy atom. The third-order valence-electron chi connectivity index (χ3n) is 2.26. The molecular formula is C8H10BrNO2. The SMILES string of the molecule is NC1(c2cc(Br)co2)CC(O)C1. The van der Waals surface area contributed by atoms with E-state index in [0.29, 0.717) is 12.8 Å². The number of hydrogen-bond donors (Lipinski definition) is 2. The van der Waals surface area contributed by atoms with Crippen LogP contribution in [0.15, 0.2) is 21.2 Å². The van der Waals surface area contributed by atoms with Crippen LogP contribution >= 0.6 is 15.9 Å². The van der Waals surface area contributed by atoms with E-state index in [-0.39, 0.29) is 6.10 Å². The Bertz CT molecular complexity index is 291. The fourth-order valence-electron chi connectivity index (χ4n) is 1.56. The Kier molecular flexibility index (Phi) is 1.78. The second-order valence-electron chi connectivity index (χ2n) is 3.35. The first kappa shape index (κ1) is 8.29. The van der Waals surface area contributed by atoms with Crippen molar-refractivity contribution in [2.75, 3.05) is 0 Å². The van der Waals surface area contributed by atoms with E-state index in [1.807, 2.05) is 6.07 Å². The van der Waals surface area contributed by atoms with Crippen molar-refractivity contribution >= 4 is 15.9 Å². The molecule has 1 aromatic rings.